The zero-order valence-corrected chi connectivity index (χ0v) is 14.1. The third kappa shape index (κ3) is 2.46. The number of hydrogen-bond donors (Lipinski definition) is 1. The molecule has 2 aliphatic rings. The van der Waals surface area contributed by atoms with Crippen LogP contribution in [0.4, 0.5) is 0 Å². The molecule has 0 amide bonds. The molecular formula is C18H20N6O. The van der Waals surface area contributed by atoms with Crippen LogP contribution < -0.4 is 5.56 Å². The minimum atomic E-state index is -0.0800. The number of fused-ring (bicyclic) bond motifs is 2. The number of benzene rings is 1. The van der Waals surface area contributed by atoms with Crippen molar-refractivity contribution in [3.05, 3.63) is 52.1 Å². The molecule has 1 atom stereocenters. The van der Waals surface area contributed by atoms with Crippen LogP contribution in [0, 0.1) is 0 Å². The van der Waals surface area contributed by atoms with Crippen LogP contribution >= 0.6 is 0 Å². The van der Waals surface area contributed by atoms with Gasteiger partial charge in [0, 0.05) is 19.0 Å². The molecule has 0 saturated heterocycles. The van der Waals surface area contributed by atoms with Crippen molar-refractivity contribution in [1.82, 2.24) is 29.6 Å². The predicted octanol–water partition coefficient (Wildman–Crippen LogP) is 1.97. The fourth-order valence-electron chi connectivity index (χ4n) is 3.65. The number of hydrogen-bond acceptors (Lipinski definition) is 5. The van der Waals surface area contributed by atoms with E-state index in [1.165, 1.54) is 12.8 Å². The molecular weight excluding hydrogens is 316 g/mol. The monoisotopic (exact) mass is 336 g/mol. The maximum Gasteiger partial charge on any atom is 0.258 e. The lowest BCUT2D eigenvalue weighted by Gasteiger charge is -2.32. The molecule has 7 heteroatoms. The van der Waals surface area contributed by atoms with Crippen LogP contribution in [-0.4, -0.2) is 36.2 Å². The van der Waals surface area contributed by atoms with Crippen molar-refractivity contribution in [2.24, 2.45) is 0 Å². The third-order valence-corrected chi connectivity index (χ3v) is 5.33. The Bertz CT molecular complexity index is 1000. The summed E-state index contributed by atoms with van der Waals surface area (Å²) in [6, 6.07) is 7.48. The quantitative estimate of drug-likeness (QED) is 0.791. The lowest BCUT2D eigenvalue weighted by atomic mass is 10.2. The van der Waals surface area contributed by atoms with Gasteiger partial charge in [-0.25, -0.2) is 4.98 Å². The second-order valence-electron chi connectivity index (χ2n) is 7.02. The van der Waals surface area contributed by atoms with Crippen molar-refractivity contribution >= 4 is 10.9 Å². The summed E-state index contributed by atoms with van der Waals surface area (Å²) < 4.78 is 2.28. The topological polar surface area (TPSA) is 79.7 Å². The van der Waals surface area contributed by atoms with Crippen molar-refractivity contribution in [1.29, 1.82) is 0 Å². The second kappa shape index (κ2) is 5.49. The van der Waals surface area contributed by atoms with Crippen molar-refractivity contribution in [3.63, 3.8) is 0 Å². The van der Waals surface area contributed by atoms with Crippen molar-refractivity contribution in [2.75, 3.05) is 6.54 Å². The van der Waals surface area contributed by atoms with E-state index in [0.29, 0.717) is 17.1 Å². The maximum atomic E-state index is 12.3. The summed E-state index contributed by atoms with van der Waals surface area (Å²) in [7, 11) is 0. The molecule has 1 unspecified atom stereocenters. The zero-order valence-electron chi connectivity index (χ0n) is 14.1. The number of aromatic amines is 1. The third-order valence-electron chi connectivity index (χ3n) is 5.33. The van der Waals surface area contributed by atoms with Gasteiger partial charge in [-0.05, 0) is 31.9 Å². The Hall–Kier alpha value is -2.54. The Morgan fingerprint density at radius 2 is 2.04 bits per heavy atom. The van der Waals surface area contributed by atoms with Crippen LogP contribution in [-0.2, 0) is 13.1 Å². The first-order chi connectivity index (χ1) is 12.2. The Kier molecular flexibility index (Phi) is 3.24. The molecule has 1 fully saturated rings. The average molecular weight is 336 g/mol. The summed E-state index contributed by atoms with van der Waals surface area (Å²) in [4.78, 5) is 22.3. The number of H-pyrrole nitrogens is 1. The van der Waals surface area contributed by atoms with Crippen LogP contribution in [0.5, 0.6) is 0 Å². The van der Waals surface area contributed by atoms with E-state index < -0.39 is 0 Å². The lowest BCUT2D eigenvalue weighted by Crippen LogP contribution is -2.37. The first kappa shape index (κ1) is 14.8. The van der Waals surface area contributed by atoms with Gasteiger partial charge < -0.3 is 9.55 Å². The van der Waals surface area contributed by atoms with E-state index in [1.807, 2.05) is 18.2 Å². The molecule has 7 nitrogen and oxygen atoms in total. The highest BCUT2D eigenvalue weighted by Crippen LogP contribution is 2.39. The standard InChI is InChI=1S/C18H20N6O/c1-11(16-19-14-5-3-2-4-13(14)18(25)20-16)23-8-9-24-15(10-23)21-22-17(24)12-6-7-12/h2-5,11-12H,6-10H2,1H3,(H,19,20,25). The number of nitrogens with zero attached hydrogens (tertiary/aromatic N) is 5. The summed E-state index contributed by atoms with van der Waals surface area (Å²) in [5.41, 5.74) is 0.660. The fraction of sp³-hybridized carbons (Fsp3) is 0.444. The first-order valence-corrected chi connectivity index (χ1v) is 8.85. The average Bonchev–Trinajstić information content (AvgIpc) is 3.40. The SMILES string of the molecule is CC(c1nc2ccccc2c(=O)[nH]1)N1CCn2c(nnc2C2CC2)C1. The van der Waals surface area contributed by atoms with E-state index in [-0.39, 0.29) is 11.6 Å². The molecule has 0 bridgehead atoms. The molecule has 1 aliphatic carbocycles. The number of aromatic nitrogens is 5. The van der Waals surface area contributed by atoms with E-state index in [0.717, 1.165) is 36.8 Å². The molecule has 1 aliphatic heterocycles. The highest BCUT2D eigenvalue weighted by atomic mass is 16.1. The van der Waals surface area contributed by atoms with Crippen molar-refractivity contribution < 1.29 is 0 Å². The van der Waals surface area contributed by atoms with Gasteiger partial charge in [-0.15, -0.1) is 10.2 Å². The highest BCUT2D eigenvalue weighted by molar-refractivity contribution is 5.77. The number of para-hydroxylation sites is 1. The Morgan fingerprint density at radius 1 is 1.20 bits per heavy atom. The molecule has 128 valence electrons. The fourth-order valence-corrected chi connectivity index (χ4v) is 3.65. The summed E-state index contributed by atoms with van der Waals surface area (Å²) in [6.45, 7) is 4.62. The van der Waals surface area contributed by atoms with E-state index in [2.05, 4.69) is 36.6 Å². The number of nitrogens with one attached hydrogen (secondary N) is 1. The van der Waals surface area contributed by atoms with Crippen LogP contribution in [0.3, 0.4) is 0 Å². The Balaban J connectivity index is 1.44. The zero-order chi connectivity index (χ0) is 17.0. The molecule has 1 aromatic carbocycles. The van der Waals surface area contributed by atoms with Gasteiger partial charge in [0.05, 0.1) is 23.5 Å². The van der Waals surface area contributed by atoms with Crippen LogP contribution in [0.1, 0.15) is 49.2 Å². The molecule has 3 aromatic rings. The van der Waals surface area contributed by atoms with E-state index in [1.54, 1.807) is 6.07 Å². The van der Waals surface area contributed by atoms with Gasteiger partial charge in [-0.2, -0.15) is 0 Å². The van der Waals surface area contributed by atoms with Gasteiger partial charge in [0.15, 0.2) is 0 Å². The van der Waals surface area contributed by atoms with Crippen LogP contribution in [0.15, 0.2) is 29.1 Å². The van der Waals surface area contributed by atoms with Crippen molar-refractivity contribution in [3.8, 4) is 0 Å². The highest BCUT2D eigenvalue weighted by Gasteiger charge is 2.33. The van der Waals surface area contributed by atoms with Gasteiger partial charge in [0.2, 0.25) is 0 Å². The van der Waals surface area contributed by atoms with E-state index in [9.17, 15) is 4.79 Å². The summed E-state index contributed by atoms with van der Waals surface area (Å²) in [6.07, 6.45) is 2.47. The van der Waals surface area contributed by atoms with Gasteiger partial charge in [-0.3, -0.25) is 9.69 Å². The summed E-state index contributed by atoms with van der Waals surface area (Å²) in [5, 5.41) is 9.42. The Morgan fingerprint density at radius 3 is 2.88 bits per heavy atom. The molecule has 1 saturated carbocycles. The molecule has 0 spiro atoms. The minimum Gasteiger partial charge on any atom is -0.312 e. The predicted molar refractivity (Wildman–Crippen MR) is 93.2 cm³/mol. The van der Waals surface area contributed by atoms with Gasteiger partial charge in [0.1, 0.15) is 17.5 Å². The first-order valence-electron chi connectivity index (χ1n) is 8.85. The molecule has 2 aromatic heterocycles. The van der Waals surface area contributed by atoms with Gasteiger partial charge in [0.25, 0.3) is 5.56 Å². The van der Waals surface area contributed by atoms with Crippen molar-refractivity contribution in [2.45, 2.75) is 44.8 Å². The van der Waals surface area contributed by atoms with Gasteiger partial charge >= 0.3 is 0 Å². The lowest BCUT2D eigenvalue weighted by molar-refractivity contribution is 0.156. The van der Waals surface area contributed by atoms with Crippen LogP contribution in [0.25, 0.3) is 10.9 Å². The summed E-state index contributed by atoms with van der Waals surface area (Å²) >= 11 is 0. The van der Waals surface area contributed by atoms with E-state index >= 15 is 0 Å². The van der Waals surface area contributed by atoms with Crippen LogP contribution in [0.2, 0.25) is 0 Å². The molecule has 3 heterocycles. The van der Waals surface area contributed by atoms with Gasteiger partial charge in [-0.1, -0.05) is 12.1 Å². The normalized spacial score (nSPS) is 19.1. The molecule has 5 rings (SSSR count). The Labute approximate surface area is 144 Å². The van der Waals surface area contributed by atoms with E-state index in [4.69, 9.17) is 0 Å². The molecule has 25 heavy (non-hydrogen) atoms. The summed E-state index contributed by atoms with van der Waals surface area (Å²) in [5.74, 6) is 3.49. The number of rotatable bonds is 3. The maximum absolute atomic E-state index is 12.3. The second-order valence-corrected chi connectivity index (χ2v) is 7.02. The minimum absolute atomic E-state index is 0.0205. The molecule has 0 radical (unpaired) electrons. The largest absolute Gasteiger partial charge is 0.312 e. The smallest absolute Gasteiger partial charge is 0.258 e. The molecule has 1 N–H and O–H groups in total.